The highest BCUT2D eigenvalue weighted by Gasteiger charge is 2.35. The predicted octanol–water partition coefficient (Wildman–Crippen LogP) is 3.72. The molecule has 1 saturated heterocycles. The molecule has 1 fully saturated rings. The second-order valence-electron chi connectivity index (χ2n) is 6.81. The van der Waals surface area contributed by atoms with Gasteiger partial charge in [0, 0.05) is 36.2 Å². The maximum atomic E-state index is 13.9. The highest BCUT2D eigenvalue weighted by atomic mass is 19.1. The third-order valence-electron chi connectivity index (χ3n) is 5.10. The summed E-state index contributed by atoms with van der Waals surface area (Å²) < 4.78 is 29.9. The van der Waals surface area contributed by atoms with Gasteiger partial charge in [-0.1, -0.05) is 11.2 Å². The number of hydrogen-bond acceptors (Lipinski definition) is 6. The smallest absolute Gasteiger partial charge is 0.261 e. The topological polar surface area (TPSA) is 77.7 Å². The Morgan fingerprint density at radius 3 is 2.79 bits per heavy atom. The largest absolute Gasteiger partial charge is 0.497 e. The van der Waals surface area contributed by atoms with Crippen LogP contribution in [0.1, 0.15) is 23.7 Å². The lowest BCUT2D eigenvalue weighted by molar-refractivity contribution is -0.117. The van der Waals surface area contributed by atoms with Gasteiger partial charge in [-0.05, 0) is 31.2 Å². The van der Waals surface area contributed by atoms with Gasteiger partial charge in [0.1, 0.15) is 17.3 Å². The average molecular weight is 397 g/mol. The Kier molecular flexibility index (Phi) is 4.92. The molecule has 4 rings (SSSR count). The zero-order valence-electron chi connectivity index (χ0n) is 16.3. The number of hydrogen-bond donors (Lipinski definition) is 0. The van der Waals surface area contributed by atoms with Crippen LogP contribution in [-0.4, -0.2) is 36.8 Å². The Labute approximate surface area is 167 Å². The van der Waals surface area contributed by atoms with Crippen molar-refractivity contribution in [3.8, 4) is 23.0 Å². The number of carbonyl (C=O) groups is 1. The van der Waals surface area contributed by atoms with Crippen molar-refractivity contribution in [2.75, 3.05) is 25.7 Å². The van der Waals surface area contributed by atoms with Crippen molar-refractivity contribution in [3.05, 3.63) is 53.6 Å². The summed E-state index contributed by atoms with van der Waals surface area (Å²) in [6.45, 7) is 2.02. The molecule has 1 aliphatic rings. The monoisotopic (exact) mass is 397 g/mol. The van der Waals surface area contributed by atoms with Crippen LogP contribution in [0.15, 0.2) is 40.9 Å². The zero-order chi connectivity index (χ0) is 20.5. The Morgan fingerprint density at radius 1 is 1.21 bits per heavy atom. The molecule has 1 unspecified atom stereocenters. The minimum absolute atomic E-state index is 0.0999. The van der Waals surface area contributed by atoms with Crippen molar-refractivity contribution >= 4 is 11.6 Å². The van der Waals surface area contributed by atoms with E-state index in [0.29, 0.717) is 46.6 Å². The van der Waals surface area contributed by atoms with Crippen molar-refractivity contribution in [1.29, 1.82) is 0 Å². The molecule has 8 heteroatoms. The SMILES string of the molecule is COc1ccc(-c2nc(C3CC(=O)N(c4cccc(F)c4C)C3)no2)c(OC)c1. The highest BCUT2D eigenvalue weighted by Crippen LogP contribution is 2.36. The molecule has 0 spiro atoms. The van der Waals surface area contributed by atoms with Gasteiger partial charge in [-0.15, -0.1) is 0 Å². The fourth-order valence-corrected chi connectivity index (χ4v) is 3.49. The van der Waals surface area contributed by atoms with Crippen molar-refractivity contribution in [2.24, 2.45) is 0 Å². The van der Waals surface area contributed by atoms with E-state index in [-0.39, 0.29) is 24.1 Å². The predicted molar refractivity (Wildman–Crippen MR) is 104 cm³/mol. The van der Waals surface area contributed by atoms with E-state index >= 15 is 0 Å². The van der Waals surface area contributed by atoms with Gasteiger partial charge in [-0.2, -0.15) is 4.98 Å². The summed E-state index contributed by atoms with van der Waals surface area (Å²) in [5.41, 5.74) is 1.64. The van der Waals surface area contributed by atoms with E-state index in [1.807, 2.05) is 0 Å². The van der Waals surface area contributed by atoms with Crippen molar-refractivity contribution in [3.63, 3.8) is 0 Å². The van der Waals surface area contributed by atoms with Gasteiger partial charge in [-0.3, -0.25) is 4.79 Å². The number of methoxy groups -OCH3 is 2. The first-order valence-corrected chi connectivity index (χ1v) is 9.13. The summed E-state index contributed by atoms with van der Waals surface area (Å²) in [4.78, 5) is 18.6. The number of rotatable bonds is 5. The maximum absolute atomic E-state index is 13.9. The summed E-state index contributed by atoms with van der Waals surface area (Å²) in [6, 6.07) is 9.99. The van der Waals surface area contributed by atoms with Crippen LogP contribution in [0, 0.1) is 12.7 Å². The first-order chi connectivity index (χ1) is 14.0. The minimum atomic E-state index is -0.341. The highest BCUT2D eigenvalue weighted by molar-refractivity contribution is 5.97. The maximum Gasteiger partial charge on any atom is 0.261 e. The van der Waals surface area contributed by atoms with Crippen LogP contribution in [0.3, 0.4) is 0 Å². The number of amides is 1. The van der Waals surface area contributed by atoms with Crippen LogP contribution < -0.4 is 14.4 Å². The fourth-order valence-electron chi connectivity index (χ4n) is 3.49. The number of anilines is 1. The van der Waals surface area contributed by atoms with Gasteiger partial charge in [0.2, 0.25) is 5.91 Å². The van der Waals surface area contributed by atoms with Crippen LogP contribution in [-0.2, 0) is 4.79 Å². The van der Waals surface area contributed by atoms with Gasteiger partial charge in [0.25, 0.3) is 5.89 Å². The average Bonchev–Trinajstić information content (AvgIpc) is 3.36. The van der Waals surface area contributed by atoms with E-state index in [9.17, 15) is 9.18 Å². The Hall–Kier alpha value is -3.42. The molecule has 0 N–H and O–H groups in total. The second kappa shape index (κ2) is 7.54. The standard InChI is InChI=1S/C21H20FN3O4/c1-12-16(22)5-4-6-17(12)25-11-13(9-19(25)26)20-23-21(29-24-20)15-8-7-14(27-2)10-18(15)28-3/h4-8,10,13H,9,11H2,1-3H3. The number of carbonyl (C=O) groups excluding carboxylic acids is 1. The zero-order valence-corrected chi connectivity index (χ0v) is 16.3. The number of ether oxygens (including phenoxy) is 2. The number of nitrogens with zero attached hydrogens (tertiary/aromatic N) is 3. The van der Waals surface area contributed by atoms with Crippen LogP contribution in [0.5, 0.6) is 11.5 Å². The van der Waals surface area contributed by atoms with Crippen LogP contribution in [0.25, 0.3) is 11.5 Å². The molecule has 2 heterocycles. The lowest BCUT2D eigenvalue weighted by Gasteiger charge is -2.18. The first kappa shape index (κ1) is 18.9. The summed E-state index contributed by atoms with van der Waals surface area (Å²) in [6.07, 6.45) is 0.231. The lowest BCUT2D eigenvalue weighted by Crippen LogP contribution is -2.25. The van der Waals surface area contributed by atoms with E-state index in [4.69, 9.17) is 14.0 Å². The van der Waals surface area contributed by atoms with E-state index in [1.54, 1.807) is 56.4 Å². The van der Waals surface area contributed by atoms with Gasteiger partial charge < -0.3 is 18.9 Å². The Bertz CT molecular complexity index is 1070. The van der Waals surface area contributed by atoms with Crippen molar-refractivity contribution in [1.82, 2.24) is 10.1 Å². The van der Waals surface area contributed by atoms with Crippen molar-refractivity contribution in [2.45, 2.75) is 19.3 Å². The Morgan fingerprint density at radius 2 is 2.03 bits per heavy atom. The van der Waals surface area contributed by atoms with Gasteiger partial charge in [0.15, 0.2) is 5.82 Å². The third-order valence-corrected chi connectivity index (χ3v) is 5.10. The molecule has 0 bridgehead atoms. The molecule has 0 saturated carbocycles. The van der Waals surface area contributed by atoms with Gasteiger partial charge in [-0.25, -0.2) is 4.39 Å². The van der Waals surface area contributed by atoms with Crippen LogP contribution in [0.4, 0.5) is 10.1 Å². The molecular weight excluding hydrogens is 377 g/mol. The molecule has 29 heavy (non-hydrogen) atoms. The van der Waals surface area contributed by atoms with Gasteiger partial charge >= 0.3 is 0 Å². The molecule has 1 atom stereocenters. The summed E-state index contributed by atoms with van der Waals surface area (Å²) in [5, 5.41) is 4.07. The number of benzene rings is 2. The molecule has 3 aromatic rings. The molecule has 0 radical (unpaired) electrons. The first-order valence-electron chi connectivity index (χ1n) is 9.13. The van der Waals surface area contributed by atoms with E-state index < -0.39 is 0 Å². The Balaban J connectivity index is 1.59. The molecule has 1 aromatic heterocycles. The van der Waals surface area contributed by atoms with E-state index in [1.165, 1.54) is 6.07 Å². The molecule has 1 amide bonds. The summed E-state index contributed by atoms with van der Waals surface area (Å²) in [5.74, 6) is 1.23. The number of halogens is 1. The molecular formula is C21H20FN3O4. The summed E-state index contributed by atoms with van der Waals surface area (Å²) >= 11 is 0. The molecule has 1 aliphatic heterocycles. The quantitative estimate of drug-likeness (QED) is 0.653. The van der Waals surface area contributed by atoms with Crippen LogP contribution in [0.2, 0.25) is 0 Å². The van der Waals surface area contributed by atoms with E-state index in [2.05, 4.69) is 10.1 Å². The molecule has 150 valence electrons. The van der Waals surface area contributed by atoms with Crippen LogP contribution >= 0.6 is 0 Å². The summed E-state index contributed by atoms with van der Waals surface area (Å²) in [7, 11) is 3.12. The number of aromatic nitrogens is 2. The lowest BCUT2D eigenvalue weighted by atomic mass is 10.1. The molecule has 2 aromatic carbocycles. The third kappa shape index (κ3) is 3.41. The van der Waals surface area contributed by atoms with E-state index in [0.717, 1.165) is 0 Å². The minimum Gasteiger partial charge on any atom is -0.497 e. The van der Waals surface area contributed by atoms with Crippen molar-refractivity contribution < 1.29 is 23.2 Å². The normalized spacial score (nSPS) is 16.3. The second-order valence-corrected chi connectivity index (χ2v) is 6.81. The van der Waals surface area contributed by atoms with Gasteiger partial charge in [0.05, 0.1) is 19.8 Å². The molecule has 7 nitrogen and oxygen atoms in total. The molecule has 0 aliphatic carbocycles. The fraction of sp³-hybridized carbons (Fsp3) is 0.286.